The van der Waals surface area contributed by atoms with E-state index in [1.807, 2.05) is 6.92 Å². The molecular formula is C16H33N3O. The van der Waals surface area contributed by atoms with Gasteiger partial charge in [0.1, 0.15) is 0 Å². The summed E-state index contributed by atoms with van der Waals surface area (Å²) in [5.41, 5.74) is 5.29. The van der Waals surface area contributed by atoms with Gasteiger partial charge in [-0.05, 0) is 46.2 Å². The van der Waals surface area contributed by atoms with Crippen molar-refractivity contribution in [3.63, 3.8) is 0 Å². The number of hydrogen-bond acceptors (Lipinski definition) is 3. The Balaban J connectivity index is 2.16. The van der Waals surface area contributed by atoms with E-state index in [0.717, 1.165) is 38.4 Å². The second-order valence-corrected chi connectivity index (χ2v) is 6.55. The highest BCUT2D eigenvalue weighted by Gasteiger charge is 2.26. The van der Waals surface area contributed by atoms with Crippen LogP contribution >= 0.6 is 0 Å². The second-order valence-electron chi connectivity index (χ2n) is 6.55. The number of carbonyl (C=O) groups excluding carboxylic acids is 1. The van der Waals surface area contributed by atoms with Crippen molar-refractivity contribution in [3.8, 4) is 0 Å². The molecule has 118 valence electrons. The minimum Gasteiger partial charge on any atom is -0.354 e. The summed E-state index contributed by atoms with van der Waals surface area (Å²) in [6.45, 7) is 5.66. The largest absolute Gasteiger partial charge is 0.354 e. The number of nitrogens with two attached hydrogens (primary N) is 1. The van der Waals surface area contributed by atoms with E-state index in [1.54, 1.807) is 0 Å². The number of nitrogens with one attached hydrogen (secondary N) is 1. The van der Waals surface area contributed by atoms with Gasteiger partial charge in [-0.1, -0.05) is 32.6 Å². The molecule has 0 spiro atoms. The zero-order valence-corrected chi connectivity index (χ0v) is 13.6. The van der Waals surface area contributed by atoms with Crippen LogP contribution in [-0.2, 0) is 4.79 Å². The number of rotatable bonds is 8. The van der Waals surface area contributed by atoms with E-state index in [4.69, 9.17) is 5.73 Å². The van der Waals surface area contributed by atoms with Crippen LogP contribution in [0.25, 0.3) is 0 Å². The van der Waals surface area contributed by atoms with Gasteiger partial charge >= 0.3 is 0 Å². The highest BCUT2D eigenvalue weighted by Crippen LogP contribution is 2.21. The van der Waals surface area contributed by atoms with Crippen LogP contribution in [0.4, 0.5) is 0 Å². The molecule has 1 fully saturated rings. The first-order chi connectivity index (χ1) is 9.47. The topological polar surface area (TPSA) is 58.4 Å². The van der Waals surface area contributed by atoms with Gasteiger partial charge in [-0.3, -0.25) is 4.79 Å². The average molecular weight is 283 g/mol. The van der Waals surface area contributed by atoms with E-state index in [-0.39, 0.29) is 5.91 Å². The van der Waals surface area contributed by atoms with E-state index in [9.17, 15) is 4.79 Å². The van der Waals surface area contributed by atoms with Gasteiger partial charge < -0.3 is 16.0 Å². The van der Waals surface area contributed by atoms with Crippen LogP contribution in [0, 0.1) is 0 Å². The van der Waals surface area contributed by atoms with Crippen molar-refractivity contribution in [1.29, 1.82) is 0 Å². The third-order valence-electron chi connectivity index (χ3n) is 4.46. The first-order valence-corrected chi connectivity index (χ1v) is 8.25. The van der Waals surface area contributed by atoms with Crippen LogP contribution in [0.1, 0.15) is 65.2 Å². The monoisotopic (exact) mass is 283 g/mol. The van der Waals surface area contributed by atoms with Crippen molar-refractivity contribution in [1.82, 2.24) is 10.2 Å². The van der Waals surface area contributed by atoms with Gasteiger partial charge in [-0.15, -0.1) is 0 Å². The summed E-state index contributed by atoms with van der Waals surface area (Å²) in [7, 11) is 2.21. The Labute approximate surface area is 124 Å². The molecule has 0 aliphatic heterocycles. The predicted molar refractivity (Wildman–Crippen MR) is 84.6 cm³/mol. The molecule has 1 unspecified atom stereocenters. The Morgan fingerprint density at radius 3 is 2.60 bits per heavy atom. The van der Waals surface area contributed by atoms with E-state index >= 15 is 0 Å². The number of nitrogens with zero attached hydrogens (tertiary/aromatic N) is 1. The van der Waals surface area contributed by atoms with Crippen molar-refractivity contribution >= 4 is 5.91 Å². The third-order valence-corrected chi connectivity index (χ3v) is 4.46. The Morgan fingerprint density at radius 1 is 1.35 bits per heavy atom. The quantitative estimate of drug-likeness (QED) is 0.672. The molecule has 0 radical (unpaired) electrons. The van der Waals surface area contributed by atoms with Crippen LogP contribution in [0.2, 0.25) is 0 Å². The summed E-state index contributed by atoms with van der Waals surface area (Å²) in [6, 6.07) is 0.749. The fourth-order valence-corrected chi connectivity index (χ4v) is 3.07. The predicted octanol–water partition coefficient (Wildman–Crippen LogP) is 2.27. The fourth-order valence-electron chi connectivity index (χ4n) is 3.07. The third kappa shape index (κ3) is 5.80. The average Bonchev–Trinajstić information content (AvgIpc) is 2.44. The van der Waals surface area contributed by atoms with E-state index in [2.05, 4.69) is 24.2 Å². The van der Waals surface area contributed by atoms with Gasteiger partial charge in [0.15, 0.2) is 0 Å². The van der Waals surface area contributed by atoms with Crippen LogP contribution in [0.15, 0.2) is 0 Å². The summed E-state index contributed by atoms with van der Waals surface area (Å²) in [4.78, 5) is 14.4. The van der Waals surface area contributed by atoms with E-state index < -0.39 is 5.54 Å². The smallest absolute Gasteiger partial charge is 0.239 e. The molecule has 4 nitrogen and oxygen atoms in total. The molecule has 0 heterocycles. The van der Waals surface area contributed by atoms with Crippen LogP contribution < -0.4 is 11.1 Å². The summed E-state index contributed by atoms with van der Waals surface area (Å²) in [5, 5.41) is 2.98. The molecule has 4 heteroatoms. The molecule has 20 heavy (non-hydrogen) atoms. The Morgan fingerprint density at radius 2 is 2.00 bits per heavy atom. The fraction of sp³-hybridized carbons (Fsp3) is 0.938. The number of amides is 1. The maximum Gasteiger partial charge on any atom is 0.239 e. The minimum absolute atomic E-state index is 0.0142. The molecule has 0 bridgehead atoms. The van der Waals surface area contributed by atoms with Crippen molar-refractivity contribution in [2.24, 2.45) is 5.73 Å². The lowest BCUT2D eigenvalue weighted by atomic mass is 9.94. The first kappa shape index (κ1) is 17.4. The number of carbonyl (C=O) groups is 1. The Hall–Kier alpha value is -0.610. The molecule has 1 rings (SSSR count). The van der Waals surface area contributed by atoms with E-state index in [0.29, 0.717) is 0 Å². The summed E-state index contributed by atoms with van der Waals surface area (Å²) < 4.78 is 0. The van der Waals surface area contributed by atoms with Crippen molar-refractivity contribution in [3.05, 3.63) is 0 Å². The molecule has 1 atom stereocenters. The standard InChI is InChI=1S/C16H33N3O/c1-4-11-16(2,17)15(20)18-12-8-13-19(3)14-9-6-5-7-10-14/h14H,4-13,17H2,1-3H3,(H,18,20). The molecule has 0 aromatic rings. The normalized spacial score (nSPS) is 19.9. The van der Waals surface area contributed by atoms with Crippen LogP contribution in [-0.4, -0.2) is 42.5 Å². The number of hydrogen-bond donors (Lipinski definition) is 2. The highest BCUT2D eigenvalue weighted by molar-refractivity contribution is 5.85. The molecule has 0 aromatic heterocycles. The van der Waals surface area contributed by atoms with Crippen LogP contribution in [0.3, 0.4) is 0 Å². The van der Waals surface area contributed by atoms with Gasteiger partial charge in [-0.2, -0.15) is 0 Å². The lowest BCUT2D eigenvalue weighted by molar-refractivity contribution is -0.126. The SMILES string of the molecule is CCCC(C)(N)C(=O)NCCCN(C)C1CCCCC1. The lowest BCUT2D eigenvalue weighted by Gasteiger charge is -2.31. The van der Waals surface area contributed by atoms with Gasteiger partial charge in [0.05, 0.1) is 5.54 Å². The van der Waals surface area contributed by atoms with Gasteiger partial charge in [-0.25, -0.2) is 0 Å². The van der Waals surface area contributed by atoms with Crippen molar-refractivity contribution in [2.45, 2.75) is 76.8 Å². The Kier molecular flexibility index (Phi) is 7.52. The minimum atomic E-state index is -0.718. The molecule has 1 aliphatic rings. The molecule has 0 saturated heterocycles. The maximum absolute atomic E-state index is 12.0. The van der Waals surface area contributed by atoms with Gasteiger partial charge in [0, 0.05) is 12.6 Å². The molecule has 3 N–H and O–H groups in total. The van der Waals surface area contributed by atoms with E-state index in [1.165, 1.54) is 32.1 Å². The highest BCUT2D eigenvalue weighted by atomic mass is 16.2. The molecule has 1 amide bonds. The molecule has 0 aromatic carbocycles. The van der Waals surface area contributed by atoms with Crippen molar-refractivity contribution < 1.29 is 4.79 Å². The second kappa shape index (κ2) is 8.63. The van der Waals surface area contributed by atoms with Gasteiger partial charge in [0.2, 0.25) is 5.91 Å². The zero-order valence-electron chi connectivity index (χ0n) is 13.6. The zero-order chi connectivity index (χ0) is 15.0. The van der Waals surface area contributed by atoms with Crippen molar-refractivity contribution in [2.75, 3.05) is 20.1 Å². The molecular weight excluding hydrogens is 250 g/mol. The lowest BCUT2D eigenvalue weighted by Crippen LogP contribution is -2.51. The summed E-state index contributed by atoms with van der Waals surface area (Å²) in [5.74, 6) is -0.0142. The summed E-state index contributed by atoms with van der Waals surface area (Å²) >= 11 is 0. The summed E-state index contributed by atoms with van der Waals surface area (Å²) in [6.07, 6.45) is 9.47. The molecule has 1 aliphatic carbocycles. The Bertz CT molecular complexity index is 285. The van der Waals surface area contributed by atoms with Gasteiger partial charge in [0.25, 0.3) is 0 Å². The van der Waals surface area contributed by atoms with Crippen LogP contribution in [0.5, 0.6) is 0 Å². The maximum atomic E-state index is 12.0. The molecule has 1 saturated carbocycles. The first-order valence-electron chi connectivity index (χ1n) is 8.25.